The average Bonchev–Trinajstić information content (AvgIpc) is 2.43. The van der Waals surface area contributed by atoms with Crippen LogP contribution in [0.5, 0.6) is 5.75 Å². The molecule has 98 valence electrons. The van der Waals surface area contributed by atoms with E-state index in [4.69, 9.17) is 21.6 Å². The first kappa shape index (κ1) is 13.4. The number of likely N-dealkylation sites (N-methyl/N-ethyl adjacent to an activating group) is 1. The van der Waals surface area contributed by atoms with Gasteiger partial charge in [-0.1, -0.05) is 11.6 Å². The predicted octanol–water partition coefficient (Wildman–Crippen LogP) is 2.49. The van der Waals surface area contributed by atoms with E-state index in [1.807, 2.05) is 6.07 Å². The molecule has 1 aromatic rings. The summed E-state index contributed by atoms with van der Waals surface area (Å²) < 4.78 is 5.53. The Balaban J connectivity index is 2.18. The number of hydrogen-bond donors (Lipinski definition) is 0. The third kappa shape index (κ3) is 3.07. The number of benzene rings is 1. The molecule has 5 heteroatoms. The van der Waals surface area contributed by atoms with Crippen LogP contribution in [-0.2, 0) is 4.79 Å². The predicted molar refractivity (Wildman–Crippen MR) is 72.8 cm³/mol. The highest BCUT2D eigenvalue weighted by atomic mass is 35.5. The second kappa shape index (κ2) is 5.77. The van der Waals surface area contributed by atoms with Crippen LogP contribution in [0.25, 0.3) is 6.08 Å². The van der Waals surface area contributed by atoms with Crippen molar-refractivity contribution in [3.63, 3.8) is 0 Å². The number of fused-ring (bicyclic) bond motifs is 1. The third-order valence-electron chi connectivity index (χ3n) is 2.87. The molecule has 0 saturated carbocycles. The second-order valence-electron chi connectivity index (χ2n) is 4.28. The van der Waals surface area contributed by atoms with Gasteiger partial charge in [0, 0.05) is 24.2 Å². The SMILES string of the molecule is CN(CCC#N)C(=O)C1=Cc2cc(Cl)ccc2OC1. The molecule has 0 aromatic heterocycles. The van der Waals surface area contributed by atoms with E-state index in [1.54, 1.807) is 31.3 Å². The van der Waals surface area contributed by atoms with Crippen molar-refractivity contribution >= 4 is 23.6 Å². The van der Waals surface area contributed by atoms with Gasteiger partial charge >= 0.3 is 0 Å². The van der Waals surface area contributed by atoms with Gasteiger partial charge in [0.05, 0.1) is 18.1 Å². The van der Waals surface area contributed by atoms with Crippen LogP contribution in [0.4, 0.5) is 0 Å². The number of hydrogen-bond acceptors (Lipinski definition) is 3. The summed E-state index contributed by atoms with van der Waals surface area (Å²) in [5.41, 5.74) is 1.37. The quantitative estimate of drug-likeness (QED) is 0.852. The molecule has 0 fully saturated rings. The summed E-state index contributed by atoms with van der Waals surface area (Å²) in [5.74, 6) is 0.599. The number of amides is 1. The number of nitrogens with zero attached hydrogens (tertiary/aromatic N) is 2. The van der Waals surface area contributed by atoms with Gasteiger partial charge in [-0.15, -0.1) is 0 Å². The molecular formula is C14H13ClN2O2. The zero-order valence-corrected chi connectivity index (χ0v) is 11.3. The number of ether oxygens (including phenoxy) is 1. The van der Waals surface area contributed by atoms with Crippen LogP contribution in [0.3, 0.4) is 0 Å². The Hall–Kier alpha value is -1.99. The first-order chi connectivity index (χ1) is 9.11. The normalized spacial score (nSPS) is 12.8. The lowest BCUT2D eigenvalue weighted by Crippen LogP contribution is -2.31. The third-order valence-corrected chi connectivity index (χ3v) is 3.10. The van der Waals surface area contributed by atoms with Crippen LogP contribution in [0, 0.1) is 11.3 Å². The van der Waals surface area contributed by atoms with E-state index in [1.165, 1.54) is 4.90 Å². The van der Waals surface area contributed by atoms with E-state index < -0.39 is 0 Å². The van der Waals surface area contributed by atoms with Gasteiger partial charge in [0.2, 0.25) is 0 Å². The van der Waals surface area contributed by atoms with E-state index in [2.05, 4.69) is 0 Å². The number of carbonyl (C=O) groups is 1. The molecule has 0 aliphatic carbocycles. The Morgan fingerprint density at radius 3 is 3.11 bits per heavy atom. The highest BCUT2D eigenvalue weighted by Gasteiger charge is 2.20. The topological polar surface area (TPSA) is 53.3 Å². The van der Waals surface area contributed by atoms with Crippen molar-refractivity contribution in [1.82, 2.24) is 4.90 Å². The minimum absolute atomic E-state index is 0.124. The Bertz CT molecular complexity index is 575. The van der Waals surface area contributed by atoms with Crippen LogP contribution < -0.4 is 4.74 Å². The van der Waals surface area contributed by atoms with Gasteiger partial charge in [-0.3, -0.25) is 4.79 Å². The van der Waals surface area contributed by atoms with Crippen molar-refractivity contribution < 1.29 is 9.53 Å². The number of halogens is 1. The van der Waals surface area contributed by atoms with Gasteiger partial charge in [-0.2, -0.15) is 5.26 Å². The smallest absolute Gasteiger partial charge is 0.253 e. The molecule has 19 heavy (non-hydrogen) atoms. The maximum Gasteiger partial charge on any atom is 0.253 e. The monoisotopic (exact) mass is 276 g/mol. The van der Waals surface area contributed by atoms with Gasteiger partial charge in [0.1, 0.15) is 12.4 Å². The molecule has 1 aliphatic heterocycles. The highest BCUT2D eigenvalue weighted by molar-refractivity contribution is 6.30. The molecule has 1 amide bonds. The molecule has 1 aliphatic rings. The summed E-state index contributed by atoms with van der Waals surface area (Å²) in [6.45, 7) is 0.652. The zero-order chi connectivity index (χ0) is 13.8. The van der Waals surface area contributed by atoms with E-state index in [0.717, 1.165) is 11.3 Å². The van der Waals surface area contributed by atoms with Crippen LogP contribution >= 0.6 is 11.6 Å². The summed E-state index contributed by atoms with van der Waals surface area (Å²) >= 11 is 5.92. The zero-order valence-electron chi connectivity index (χ0n) is 10.5. The fraction of sp³-hybridized carbons (Fsp3) is 0.286. The molecule has 1 heterocycles. The Labute approximate surface area is 116 Å². The summed E-state index contributed by atoms with van der Waals surface area (Å²) in [7, 11) is 1.67. The van der Waals surface area contributed by atoms with Crippen molar-refractivity contribution in [3.8, 4) is 11.8 Å². The van der Waals surface area contributed by atoms with Gasteiger partial charge in [-0.25, -0.2) is 0 Å². The molecule has 4 nitrogen and oxygen atoms in total. The Morgan fingerprint density at radius 1 is 1.58 bits per heavy atom. The van der Waals surface area contributed by atoms with Crippen LogP contribution in [0.15, 0.2) is 23.8 Å². The van der Waals surface area contributed by atoms with E-state index in [0.29, 0.717) is 23.6 Å². The lowest BCUT2D eigenvalue weighted by Gasteiger charge is -2.21. The largest absolute Gasteiger partial charge is 0.488 e. The summed E-state index contributed by atoms with van der Waals surface area (Å²) in [5, 5.41) is 9.13. The van der Waals surface area contributed by atoms with Crippen molar-refractivity contribution in [2.24, 2.45) is 0 Å². The van der Waals surface area contributed by atoms with Crippen molar-refractivity contribution in [2.75, 3.05) is 20.2 Å². The van der Waals surface area contributed by atoms with E-state index in [9.17, 15) is 4.79 Å². The maximum absolute atomic E-state index is 12.1. The highest BCUT2D eigenvalue weighted by Crippen LogP contribution is 2.29. The molecule has 2 rings (SSSR count). The van der Waals surface area contributed by atoms with Crippen LogP contribution in [0.2, 0.25) is 5.02 Å². The standard InChI is InChI=1S/C14H13ClN2O2/c1-17(6-2-5-16)14(18)11-7-10-8-12(15)3-4-13(10)19-9-11/h3-4,7-8H,2,6,9H2,1H3. The maximum atomic E-state index is 12.1. The molecule has 0 atom stereocenters. The number of rotatable bonds is 3. The van der Waals surface area contributed by atoms with Gasteiger partial charge in [0.25, 0.3) is 5.91 Å². The van der Waals surface area contributed by atoms with Crippen molar-refractivity contribution in [3.05, 3.63) is 34.4 Å². The number of carbonyl (C=O) groups excluding carboxylic acids is 1. The lowest BCUT2D eigenvalue weighted by atomic mass is 10.1. The molecule has 0 radical (unpaired) electrons. The summed E-state index contributed by atoms with van der Waals surface area (Å²) in [6.07, 6.45) is 2.11. The molecule has 1 aromatic carbocycles. The Morgan fingerprint density at radius 2 is 2.37 bits per heavy atom. The summed E-state index contributed by atoms with van der Waals surface area (Å²) in [6, 6.07) is 7.32. The van der Waals surface area contributed by atoms with Gasteiger partial charge < -0.3 is 9.64 Å². The first-order valence-electron chi connectivity index (χ1n) is 5.87. The average molecular weight is 277 g/mol. The molecule has 0 unspecified atom stereocenters. The lowest BCUT2D eigenvalue weighted by molar-refractivity contribution is -0.126. The van der Waals surface area contributed by atoms with Crippen LogP contribution in [0.1, 0.15) is 12.0 Å². The Kier molecular flexibility index (Phi) is 4.08. The first-order valence-corrected chi connectivity index (χ1v) is 6.25. The molecule has 0 N–H and O–H groups in total. The van der Waals surface area contributed by atoms with Gasteiger partial charge in [0.15, 0.2) is 0 Å². The molecular weight excluding hydrogens is 264 g/mol. The molecule has 0 spiro atoms. The van der Waals surface area contributed by atoms with Crippen molar-refractivity contribution in [1.29, 1.82) is 5.26 Å². The number of nitriles is 1. The fourth-order valence-corrected chi connectivity index (χ4v) is 2.02. The van der Waals surface area contributed by atoms with E-state index in [-0.39, 0.29) is 12.5 Å². The minimum Gasteiger partial charge on any atom is -0.488 e. The molecule has 0 saturated heterocycles. The fourth-order valence-electron chi connectivity index (χ4n) is 1.84. The molecule has 0 bridgehead atoms. The summed E-state index contributed by atoms with van der Waals surface area (Å²) in [4.78, 5) is 13.7. The van der Waals surface area contributed by atoms with Crippen molar-refractivity contribution in [2.45, 2.75) is 6.42 Å². The van der Waals surface area contributed by atoms with E-state index >= 15 is 0 Å². The minimum atomic E-state index is -0.124. The van der Waals surface area contributed by atoms with Gasteiger partial charge in [-0.05, 0) is 24.3 Å². The van der Waals surface area contributed by atoms with Crippen LogP contribution in [-0.4, -0.2) is 31.0 Å². The second-order valence-corrected chi connectivity index (χ2v) is 4.71.